The van der Waals surface area contributed by atoms with E-state index >= 15 is 0 Å². The zero-order chi connectivity index (χ0) is 16.3. The van der Waals surface area contributed by atoms with Gasteiger partial charge in [0.15, 0.2) is 0 Å². The highest BCUT2D eigenvalue weighted by atomic mass is 16.2. The number of pyridine rings is 1. The number of carbonyl (C=O) groups excluding carboxylic acids is 2. The van der Waals surface area contributed by atoms with Crippen LogP contribution < -0.4 is 0 Å². The van der Waals surface area contributed by atoms with Gasteiger partial charge in [0, 0.05) is 52.9 Å². The van der Waals surface area contributed by atoms with Gasteiger partial charge in [0.1, 0.15) is 6.04 Å². The fraction of sp³-hybridized carbons (Fsp3) is 0.562. The van der Waals surface area contributed by atoms with E-state index in [4.69, 9.17) is 0 Å². The van der Waals surface area contributed by atoms with E-state index in [1.54, 1.807) is 30.8 Å². The molecule has 1 aliphatic rings. The van der Waals surface area contributed by atoms with Crippen LogP contribution in [0.5, 0.6) is 0 Å². The van der Waals surface area contributed by atoms with Gasteiger partial charge in [-0.05, 0) is 19.1 Å². The van der Waals surface area contributed by atoms with Gasteiger partial charge in [0.25, 0.3) is 0 Å². The maximum atomic E-state index is 12.5. The predicted molar refractivity (Wildman–Crippen MR) is 84.1 cm³/mol. The van der Waals surface area contributed by atoms with Crippen molar-refractivity contribution in [1.29, 1.82) is 0 Å². The van der Waals surface area contributed by atoms with Crippen molar-refractivity contribution < 1.29 is 9.59 Å². The number of carbonyl (C=O) groups is 2. The molecular formula is C16H24N4O2. The Kier molecular flexibility index (Phi) is 5.13. The second-order valence-corrected chi connectivity index (χ2v) is 5.95. The molecule has 1 fully saturated rings. The van der Waals surface area contributed by atoms with E-state index in [1.165, 1.54) is 0 Å². The molecule has 0 radical (unpaired) electrons. The molecule has 0 spiro atoms. The van der Waals surface area contributed by atoms with Crippen LogP contribution in [0, 0.1) is 6.92 Å². The Morgan fingerprint density at radius 3 is 2.64 bits per heavy atom. The fourth-order valence-corrected chi connectivity index (χ4v) is 2.72. The van der Waals surface area contributed by atoms with Gasteiger partial charge in [-0.3, -0.25) is 19.5 Å². The molecule has 6 heteroatoms. The minimum Gasteiger partial charge on any atom is -0.347 e. The van der Waals surface area contributed by atoms with Crippen molar-refractivity contribution in [2.75, 3.05) is 33.7 Å². The lowest BCUT2D eigenvalue weighted by molar-refractivity contribution is -0.141. The van der Waals surface area contributed by atoms with Gasteiger partial charge in [-0.1, -0.05) is 6.07 Å². The van der Waals surface area contributed by atoms with Gasteiger partial charge in [0.05, 0.1) is 5.69 Å². The van der Waals surface area contributed by atoms with Crippen molar-refractivity contribution in [1.82, 2.24) is 19.7 Å². The van der Waals surface area contributed by atoms with Crippen molar-refractivity contribution in [3.05, 3.63) is 29.6 Å². The Bertz CT molecular complexity index is 559. The number of likely N-dealkylation sites (N-methyl/N-ethyl adjacent to an activating group) is 1. The Morgan fingerprint density at radius 2 is 2.05 bits per heavy atom. The summed E-state index contributed by atoms with van der Waals surface area (Å²) >= 11 is 0. The average Bonchev–Trinajstić information content (AvgIpc) is 2.46. The number of nitrogens with zero attached hydrogens (tertiary/aromatic N) is 4. The Morgan fingerprint density at radius 1 is 1.32 bits per heavy atom. The van der Waals surface area contributed by atoms with Gasteiger partial charge in [-0.15, -0.1) is 0 Å². The third-order valence-corrected chi connectivity index (χ3v) is 3.97. The molecule has 120 valence electrons. The smallest absolute Gasteiger partial charge is 0.241 e. The SMILES string of the molecule is CC(=O)N1CCN(Cc2cccc(C)n2)[C@@H](C(=O)N(C)C)C1. The summed E-state index contributed by atoms with van der Waals surface area (Å²) < 4.78 is 0. The molecule has 1 aromatic rings. The highest BCUT2D eigenvalue weighted by Crippen LogP contribution is 2.15. The van der Waals surface area contributed by atoms with Gasteiger partial charge in [-0.2, -0.15) is 0 Å². The summed E-state index contributed by atoms with van der Waals surface area (Å²) in [4.78, 5) is 34.0. The zero-order valence-corrected chi connectivity index (χ0v) is 13.7. The maximum Gasteiger partial charge on any atom is 0.241 e. The summed E-state index contributed by atoms with van der Waals surface area (Å²) in [5.74, 6) is 0.0449. The first-order valence-corrected chi connectivity index (χ1v) is 7.51. The number of hydrogen-bond donors (Lipinski definition) is 0. The highest BCUT2D eigenvalue weighted by Gasteiger charge is 2.34. The van der Waals surface area contributed by atoms with Crippen LogP contribution in [0.4, 0.5) is 0 Å². The minimum atomic E-state index is -0.310. The number of aromatic nitrogens is 1. The van der Waals surface area contributed by atoms with E-state index in [0.717, 1.165) is 11.4 Å². The molecule has 1 saturated heterocycles. The molecule has 0 aliphatic carbocycles. The third kappa shape index (κ3) is 3.82. The second kappa shape index (κ2) is 6.87. The molecule has 22 heavy (non-hydrogen) atoms. The Balaban J connectivity index is 2.16. The summed E-state index contributed by atoms with van der Waals surface area (Å²) in [6, 6.07) is 5.60. The molecule has 1 aromatic heterocycles. The summed E-state index contributed by atoms with van der Waals surface area (Å²) in [6.45, 7) is 5.91. The maximum absolute atomic E-state index is 12.5. The number of piperazine rings is 1. The van der Waals surface area contributed by atoms with Crippen LogP contribution in [-0.2, 0) is 16.1 Å². The van der Waals surface area contributed by atoms with Gasteiger partial charge in [-0.25, -0.2) is 0 Å². The molecule has 0 N–H and O–H groups in total. The standard InChI is InChI=1S/C16H24N4O2/c1-12-6-5-7-14(17-12)10-20-9-8-19(13(2)21)11-15(20)16(22)18(3)4/h5-7,15H,8-11H2,1-4H3/t15-/m1/s1. The number of rotatable bonds is 3. The predicted octanol–water partition coefficient (Wildman–Crippen LogP) is 0.511. The molecule has 6 nitrogen and oxygen atoms in total. The molecule has 0 bridgehead atoms. The molecule has 0 aromatic carbocycles. The van der Waals surface area contributed by atoms with E-state index in [-0.39, 0.29) is 17.9 Å². The Labute approximate surface area is 131 Å². The van der Waals surface area contributed by atoms with Gasteiger partial charge < -0.3 is 9.80 Å². The molecule has 2 heterocycles. The third-order valence-electron chi connectivity index (χ3n) is 3.97. The van der Waals surface area contributed by atoms with Crippen molar-refractivity contribution in [3.63, 3.8) is 0 Å². The van der Waals surface area contributed by atoms with Crippen molar-refractivity contribution in [2.24, 2.45) is 0 Å². The van der Waals surface area contributed by atoms with Crippen LogP contribution in [0.3, 0.4) is 0 Å². The molecule has 0 saturated carbocycles. The molecule has 2 amide bonds. The average molecular weight is 304 g/mol. The van der Waals surface area contributed by atoms with E-state index in [1.807, 2.05) is 25.1 Å². The molecular weight excluding hydrogens is 280 g/mol. The van der Waals surface area contributed by atoms with Crippen LogP contribution >= 0.6 is 0 Å². The number of amides is 2. The number of hydrogen-bond acceptors (Lipinski definition) is 4. The van der Waals surface area contributed by atoms with E-state index < -0.39 is 0 Å². The monoisotopic (exact) mass is 304 g/mol. The van der Waals surface area contributed by atoms with Gasteiger partial charge in [0.2, 0.25) is 11.8 Å². The normalized spacial score (nSPS) is 19.1. The summed E-state index contributed by atoms with van der Waals surface area (Å²) in [5.41, 5.74) is 1.92. The minimum absolute atomic E-state index is 0.0184. The largest absolute Gasteiger partial charge is 0.347 e. The lowest BCUT2D eigenvalue weighted by Crippen LogP contribution is -2.59. The zero-order valence-electron chi connectivity index (χ0n) is 13.7. The fourth-order valence-electron chi connectivity index (χ4n) is 2.72. The molecule has 2 rings (SSSR count). The van der Waals surface area contributed by atoms with E-state index in [2.05, 4.69) is 9.88 Å². The van der Waals surface area contributed by atoms with Crippen LogP contribution in [0.15, 0.2) is 18.2 Å². The highest BCUT2D eigenvalue weighted by molar-refractivity contribution is 5.83. The summed E-state index contributed by atoms with van der Waals surface area (Å²) in [5, 5.41) is 0. The van der Waals surface area contributed by atoms with E-state index in [9.17, 15) is 9.59 Å². The van der Waals surface area contributed by atoms with Gasteiger partial charge >= 0.3 is 0 Å². The van der Waals surface area contributed by atoms with Crippen molar-refractivity contribution >= 4 is 11.8 Å². The molecule has 1 atom stereocenters. The first-order chi connectivity index (χ1) is 10.4. The van der Waals surface area contributed by atoms with Crippen LogP contribution in [0.2, 0.25) is 0 Å². The Hall–Kier alpha value is -1.95. The van der Waals surface area contributed by atoms with Crippen molar-refractivity contribution in [2.45, 2.75) is 26.4 Å². The lowest BCUT2D eigenvalue weighted by atomic mass is 10.1. The summed E-state index contributed by atoms with van der Waals surface area (Å²) in [6.07, 6.45) is 0. The first kappa shape index (κ1) is 16.4. The molecule has 1 aliphatic heterocycles. The number of aryl methyl sites for hydroxylation is 1. The van der Waals surface area contributed by atoms with E-state index in [0.29, 0.717) is 26.2 Å². The van der Waals surface area contributed by atoms with Crippen molar-refractivity contribution in [3.8, 4) is 0 Å². The summed E-state index contributed by atoms with van der Waals surface area (Å²) in [7, 11) is 3.50. The topological polar surface area (TPSA) is 56.8 Å². The van der Waals surface area contributed by atoms with Crippen LogP contribution in [0.1, 0.15) is 18.3 Å². The first-order valence-electron chi connectivity index (χ1n) is 7.51. The van der Waals surface area contributed by atoms with Crippen LogP contribution in [-0.4, -0.2) is 71.3 Å². The lowest BCUT2D eigenvalue weighted by Gasteiger charge is -2.41. The van der Waals surface area contributed by atoms with Crippen LogP contribution in [0.25, 0.3) is 0 Å². The second-order valence-electron chi connectivity index (χ2n) is 5.95. The molecule has 0 unspecified atom stereocenters. The quantitative estimate of drug-likeness (QED) is 0.816.